The molecule has 2 atom stereocenters. The number of hydrogen-bond acceptors (Lipinski definition) is 6. The Bertz CT molecular complexity index is 1970. The lowest BCUT2D eigenvalue weighted by molar-refractivity contribution is -0.143. The van der Waals surface area contributed by atoms with Crippen molar-refractivity contribution >= 4 is 28.5 Å². The van der Waals surface area contributed by atoms with E-state index in [9.17, 15) is 40.7 Å². The van der Waals surface area contributed by atoms with Gasteiger partial charge in [0.15, 0.2) is 6.73 Å². The lowest BCUT2D eigenvalue weighted by Gasteiger charge is -2.23. The van der Waals surface area contributed by atoms with Crippen LogP contribution in [0.3, 0.4) is 0 Å². The first-order chi connectivity index (χ1) is 22.4. The molecule has 0 bridgehead atoms. The van der Waals surface area contributed by atoms with Gasteiger partial charge in [-0.1, -0.05) is 25.1 Å². The quantitative estimate of drug-likeness (QED) is 0.176. The van der Waals surface area contributed by atoms with Gasteiger partial charge < -0.3 is 14.6 Å². The van der Waals surface area contributed by atoms with Gasteiger partial charge in [-0.25, -0.2) is 13.6 Å². The fraction of sp³-hybridized carbons (Fsp3) is 0.312. The zero-order chi connectivity index (χ0) is 35.3. The number of hydrogen-bond donors (Lipinski definition) is 1. The lowest BCUT2D eigenvalue weighted by atomic mass is 9.93. The number of nitrogens with zero attached hydrogens (tertiary/aromatic N) is 3. The summed E-state index contributed by atoms with van der Waals surface area (Å²) in [6.07, 6.45) is -9.10. The van der Waals surface area contributed by atoms with E-state index in [1.165, 1.54) is 51.4 Å². The topological polar surface area (TPSA) is 93.5 Å². The summed E-state index contributed by atoms with van der Waals surface area (Å²) in [6, 6.07) is 3.85. The number of esters is 1. The van der Waals surface area contributed by atoms with Gasteiger partial charge in [0.1, 0.15) is 29.3 Å². The summed E-state index contributed by atoms with van der Waals surface area (Å²) in [5.74, 6) is -5.26. The second kappa shape index (κ2) is 12.5. The Balaban J connectivity index is 1.52. The average Bonchev–Trinajstić information content (AvgIpc) is 3.37. The molecule has 2 aromatic heterocycles. The molecule has 1 fully saturated rings. The number of halogens is 8. The van der Waals surface area contributed by atoms with E-state index in [1.807, 2.05) is 5.32 Å². The summed E-state index contributed by atoms with van der Waals surface area (Å²) in [5.41, 5.74) is -4.26. The maximum Gasteiger partial charge on any atom is 0.417 e. The highest BCUT2D eigenvalue weighted by Gasteiger charge is 2.42. The summed E-state index contributed by atoms with van der Waals surface area (Å²) in [4.78, 5) is 44.3. The SMILES string of the molecule is CC[C@@H](Nc1cc(F)c(C(=O)N2COC(=O)[C@@H]2Cc2ccc(-c3c(C(F)(F)F)cc(C)n(C)c3=O)c3ncccc23)c(F)c1)C(F)(F)F. The molecule has 2 aromatic carbocycles. The Morgan fingerprint density at radius 2 is 1.73 bits per heavy atom. The smallest absolute Gasteiger partial charge is 0.417 e. The van der Waals surface area contributed by atoms with Crippen molar-refractivity contribution in [2.24, 2.45) is 7.05 Å². The van der Waals surface area contributed by atoms with Gasteiger partial charge in [0.25, 0.3) is 11.5 Å². The van der Waals surface area contributed by atoms with E-state index in [1.54, 1.807) is 0 Å². The van der Waals surface area contributed by atoms with Crippen LogP contribution in [0.15, 0.2) is 53.5 Å². The number of nitrogens with one attached hydrogen (secondary N) is 1. The van der Waals surface area contributed by atoms with Crippen LogP contribution in [-0.2, 0) is 29.2 Å². The standard InChI is InChI=1S/C32H26F8N4O4/c1-4-24(32(38,39)40)42-17-12-21(33)26(22(34)13-17)29(46)44-14-48-30(47)23(44)11-16-7-8-19(27-18(16)6-5-9-41-27)25-20(31(35,36)37)10-15(2)43(3)28(25)45/h5-10,12-13,23-24,42H,4,11,14H2,1-3H3/t23-,24+/m0/s1. The molecule has 254 valence electrons. The van der Waals surface area contributed by atoms with Crippen molar-refractivity contribution in [2.75, 3.05) is 12.0 Å². The number of carbonyl (C=O) groups is 2. The number of alkyl halides is 6. The second-order valence-corrected chi connectivity index (χ2v) is 11.2. The number of fused-ring (bicyclic) bond motifs is 1. The predicted molar refractivity (Wildman–Crippen MR) is 157 cm³/mol. The third kappa shape index (κ3) is 6.30. The molecule has 1 aliphatic rings. The van der Waals surface area contributed by atoms with Gasteiger partial charge in [-0.3, -0.25) is 19.5 Å². The molecule has 1 aliphatic heterocycles. The normalized spacial score (nSPS) is 15.9. The summed E-state index contributed by atoms with van der Waals surface area (Å²) in [6.45, 7) is 1.86. The van der Waals surface area contributed by atoms with E-state index in [4.69, 9.17) is 4.74 Å². The molecule has 1 N–H and O–H groups in total. The molecule has 0 spiro atoms. The Morgan fingerprint density at radius 1 is 1.06 bits per heavy atom. The van der Waals surface area contributed by atoms with E-state index in [0.29, 0.717) is 12.1 Å². The highest BCUT2D eigenvalue weighted by molar-refractivity contribution is 6.00. The third-order valence-electron chi connectivity index (χ3n) is 8.17. The summed E-state index contributed by atoms with van der Waals surface area (Å²) in [7, 11) is 1.32. The molecule has 0 unspecified atom stereocenters. The van der Waals surface area contributed by atoms with E-state index in [0.717, 1.165) is 15.5 Å². The molecule has 4 aromatic rings. The fourth-order valence-corrected chi connectivity index (χ4v) is 5.59. The van der Waals surface area contributed by atoms with E-state index in [-0.39, 0.29) is 34.1 Å². The lowest BCUT2D eigenvalue weighted by Crippen LogP contribution is -2.40. The van der Waals surface area contributed by atoms with Crippen LogP contribution in [0.4, 0.5) is 40.8 Å². The molecule has 0 aliphatic carbocycles. The molecule has 0 saturated carbocycles. The number of rotatable bonds is 7. The summed E-state index contributed by atoms with van der Waals surface area (Å²) < 4.78 is 118. The Labute approximate surface area is 266 Å². The van der Waals surface area contributed by atoms with E-state index < -0.39 is 89.0 Å². The maximum atomic E-state index is 15.1. The van der Waals surface area contributed by atoms with Crippen molar-refractivity contribution in [2.45, 2.75) is 51.1 Å². The van der Waals surface area contributed by atoms with E-state index >= 15 is 8.78 Å². The number of benzene rings is 2. The van der Waals surface area contributed by atoms with Gasteiger partial charge >= 0.3 is 18.3 Å². The van der Waals surface area contributed by atoms with Crippen LogP contribution >= 0.6 is 0 Å². The minimum absolute atomic E-state index is 0.0184. The van der Waals surface area contributed by atoms with Crippen LogP contribution in [0.5, 0.6) is 0 Å². The van der Waals surface area contributed by atoms with Gasteiger partial charge in [0, 0.05) is 42.0 Å². The van der Waals surface area contributed by atoms with Crippen LogP contribution in [0.2, 0.25) is 0 Å². The van der Waals surface area contributed by atoms with Crippen molar-refractivity contribution < 1.29 is 49.4 Å². The molecule has 8 nitrogen and oxygen atoms in total. The van der Waals surface area contributed by atoms with Crippen LogP contribution in [0, 0.1) is 18.6 Å². The average molecular weight is 683 g/mol. The number of anilines is 1. The fourth-order valence-electron chi connectivity index (χ4n) is 5.59. The molecule has 0 radical (unpaired) electrons. The molecule has 1 amide bonds. The Hall–Kier alpha value is -5.02. The van der Waals surface area contributed by atoms with Gasteiger partial charge in [-0.2, -0.15) is 26.3 Å². The van der Waals surface area contributed by atoms with Gasteiger partial charge in [0.2, 0.25) is 0 Å². The largest absolute Gasteiger partial charge is 0.443 e. The first kappa shape index (κ1) is 34.3. The van der Waals surface area contributed by atoms with Gasteiger partial charge in [-0.05, 0) is 43.2 Å². The number of aromatic nitrogens is 2. The van der Waals surface area contributed by atoms with E-state index in [2.05, 4.69) is 4.98 Å². The van der Waals surface area contributed by atoms with Crippen molar-refractivity contribution in [3.8, 4) is 11.1 Å². The molecule has 1 saturated heterocycles. The van der Waals surface area contributed by atoms with Crippen molar-refractivity contribution in [3.05, 3.63) is 93.0 Å². The molecule has 16 heteroatoms. The number of amides is 1. The first-order valence-electron chi connectivity index (χ1n) is 14.4. The first-order valence-corrected chi connectivity index (χ1v) is 14.4. The second-order valence-electron chi connectivity index (χ2n) is 11.2. The molecular formula is C32H26F8N4O4. The maximum absolute atomic E-state index is 15.1. The number of cyclic esters (lactones) is 1. The van der Waals surface area contributed by atoms with Crippen LogP contribution in [0.25, 0.3) is 22.0 Å². The predicted octanol–water partition coefficient (Wildman–Crippen LogP) is 6.53. The number of carbonyl (C=O) groups excluding carboxylic acids is 2. The summed E-state index contributed by atoms with van der Waals surface area (Å²) in [5, 5.41) is 2.21. The van der Waals surface area contributed by atoms with Crippen molar-refractivity contribution in [1.82, 2.24) is 14.5 Å². The Morgan fingerprint density at radius 3 is 2.33 bits per heavy atom. The molecule has 3 heterocycles. The monoisotopic (exact) mass is 682 g/mol. The van der Waals surface area contributed by atoms with Crippen LogP contribution < -0.4 is 10.9 Å². The van der Waals surface area contributed by atoms with Crippen LogP contribution in [-0.4, -0.2) is 51.3 Å². The van der Waals surface area contributed by atoms with Gasteiger partial charge in [0.05, 0.1) is 16.6 Å². The zero-order valence-corrected chi connectivity index (χ0v) is 25.4. The highest BCUT2D eigenvalue weighted by Crippen LogP contribution is 2.39. The highest BCUT2D eigenvalue weighted by atomic mass is 19.4. The number of aryl methyl sites for hydroxylation is 1. The Kier molecular flexibility index (Phi) is 8.97. The molecule has 48 heavy (non-hydrogen) atoms. The van der Waals surface area contributed by atoms with Crippen LogP contribution in [0.1, 0.15) is 40.5 Å². The van der Waals surface area contributed by atoms with Gasteiger partial charge in [-0.15, -0.1) is 0 Å². The minimum atomic E-state index is -4.89. The molecule has 5 rings (SSSR count). The number of ether oxygens (including phenoxy) is 1. The number of pyridine rings is 2. The third-order valence-corrected chi connectivity index (χ3v) is 8.17. The van der Waals surface area contributed by atoms with Crippen molar-refractivity contribution in [1.29, 1.82) is 0 Å². The molecular weight excluding hydrogens is 656 g/mol. The summed E-state index contributed by atoms with van der Waals surface area (Å²) >= 11 is 0. The minimum Gasteiger partial charge on any atom is -0.443 e. The zero-order valence-electron chi connectivity index (χ0n) is 25.4. The van der Waals surface area contributed by atoms with Crippen molar-refractivity contribution in [3.63, 3.8) is 0 Å².